The van der Waals surface area contributed by atoms with E-state index in [1.165, 1.54) is 0 Å². The zero-order valence-corrected chi connectivity index (χ0v) is 47.8. The monoisotopic (exact) mass is 1180 g/mol. The number of aliphatic carboxylic acids is 2. The highest BCUT2D eigenvalue weighted by Gasteiger charge is 2.46. The first kappa shape index (κ1) is 61.0. The number of anilines is 4. The standard InChI is InChI=1S/C30H38Cl2N4O2S.C22H22Cl2N4O2S.C2HF3O2/c1-28(2,3)36-25(15-18-33-36)35-24-12-7-9-20(34-24)19-30(27(37)38-29(4,5)6)16-13-21(14-17-30)39-23-11-8-10-22(31)26(23)32;23-16-4-2-5-17(20(16)24)31-15-7-10-22(11-8-15,21(29)30)13-14-3-1-6-18(26-14)27-19-9-12-25-28-19;3-2(4,5)1(6)7/h7-12,15,18,21H,13-14,16-17,19H2,1-6H3,(H,34,35);1-6,9,12,15H,7-8,10-11,13H2,(H,29,30)(H2,25,26,27,28);(H,6,7). The molecule has 0 spiro atoms. The number of carboxylic acid groups (broad SMARTS) is 2. The minimum absolute atomic E-state index is 0.148. The highest BCUT2D eigenvalue weighted by Crippen LogP contribution is 2.48. The number of carbonyl (C=O) groups is 3. The summed E-state index contributed by atoms with van der Waals surface area (Å²) in [5, 5.41) is 37.9. The molecule has 0 unspecified atom stereocenters. The molecule has 77 heavy (non-hydrogen) atoms. The summed E-state index contributed by atoms with van der Waals surface area (Å²) in [6, 6.07) is 26.6. The largest absolute Gasteiger partial charge is 0.490 e. The van der Waals surface area contributed by atoms with Crippen LogP contribution in [0.2, 0.25) is 20.1 Å². The number of H-pyrrole nitrogens is 1. The van der Waals surface area contributed by atoms with E-state index in [0.29, 0.717) is 74.9 Å². The molecule has 0 atom stereocenters. The molecular weight excluding hydrogens is 1120 g/mol. The number of aromatic amines is 1. The molecule has 6 aromatic rings. The summed E-state index contributed by atoms with van der Waals surface area (Å²) >= 11 is 28.6. The second-order valence-electron chi connectivity index (χ2n) is 20.8. The lowest BCUT2D eigenvalue weighted by Crippen LogP contribution is -2.42. The molecule has 0 aliphatic heterocycles. The van der Waals surface area contributed by atoms with Crippen molar-refractivity contribution >= 4 is 111 Å². The number of carboxylic acids is 2. The van der Waals surface area contributed by atoms with E-state index in [9.17, 15) is 27.9 Å². The number of alkyl halides is 3. The lowest BCUT2D eigenvalue weighted by Gasteiger charge is -2.39. The molecule has 8 rings (SSSR count). The average molecular weight is 1180 g/mol. The third kappa shape index (κ3) is 17.4. The van der Waals surface area contributed by atoms with E-state index in [1.54, 1.807) is 54.1 Å². The summed E-state index contributed by atoms with van der Waals surface area (Å²) < 4.78 is 39.6. The minimum atomic E-state index is -5.08. The van der Waals surface area contributed by atoms with E-state index in [-0.39, 0.29) is 11.5 Å². The smallest absolute Gasteiger partial charge is 0.481 e. The van der Waals surface area contributed by atoms with Crippen LogP contribution in [0.5, 0.6) is 0 Å². The number of pyridine rings is 2. The highest BCUT2D eigenvalue weighted by molar-refractivity contribution is 8.00. The molecule has 2 aliphatic rings. The quantitative estimate of drug-likeness (QED) is 0.0646. The van der Waals surface area contributed by atoms with Gasteiger partial charge in [0.05, 0.1) is 48.9 Å². The summed E-state index contributed by atoms with van der Waals surface area (Å²) in [5.74, 6) is -0.691. The Hall–Kier alpha value is -5.18. The van der Waals surface area contributed by atoms with Gasteiger partial charge in [-0.3, -0.25) is 14.7 Å². The Labute approximate surface area is 474 Å². The molecule has 0 radical (unpaired) electrons. The van der Waals surface area contributed by atoms with Gasteiger partial charge in [0.1, 0.15) is 28.9 Å². The second-order valence-corrected chi connectivity index (χ2v) is 25.1. The number of esters is 1. The van der Waals surface area contributed by atoms with Crippen molar-refractivity contribution in [1.82, 2.24) is 29.9 Å². The summed E-state index contributed by atoms with van der Waals surface area (Å²) in [7, 11) is 0. The van der Waals surface area contributed by atoms with Crippen LogP contribution in [-0.4, -0.2) is 80.3 Å². The molecule has 2 saturated carbocycles. The van der Waals surface area contributed by atoms with Crippen molar-refractivity contribution in [2.45, 2.75) is 143 Å². The molecule has 414 valence electrons. The highest BCUT2D eigenvalue weighted by atomic mass is 35.5. The number of carbonyl (C=O) groups excluding carboxylic acids is 1. The van der Waals surface area contributed by atoms with E-state index < -0.39 is 34.5 Å². The molecule has 4 aromatic heterocycles. The van der Waals surface area contributed by atoms with E-state index >= 15 is 0 Å². The van der Waals surface area contributed by atoms with Crippen LogP contribution in [0, 0.1) is 10.8 Å². The fourth-order valence-electron chi connectivity index (χ4n) is 8.85. The first-order chi connectivity index (χ1) is 36.1. The Kier molecular flexibility index (Phi) is 20.8. The number of hydrogen-bond acceptors (Lipinski definition) is 12. The first-order valence-electron chi connectivity index (χ1n) is 24.6. The number of hydrogen-bond donors (Lipinski definition) is 5. The maximum Gasteiger partial charge on any atom is 0.490 e. The van der Waals surface area contributed by atoms with Crippen LogP contribution in [0.1, 0.15) is 104 Å². The van der Waals surface area contributed by atoms with Crippen molar-refractivity contribution in [1.29, 1.82) is 0 Å². The predicted molar refractivity (Wildman–Crippen MR) is 299 cm³/mol. The third-order valence-electron chi connectivity index (χ3n) is 12.7. The molecular formula is C54H61Cl4F3N8O6S2. The van der Waals surface area contributed by atoms with Crippen LogP contribution in [0.25, 0.3) is 0 Å². The van der Waals surface area contributed by atoms with Crippen LogP contribution in [0.3, 0.4) is 0 Å². The normalized spacial score (nSPS) is 19.6. The SMILES string of the molecule is CC(C)(C)OC(=O)C1(Cc2cccc(Nc3ccnn3C(C)(C)C)n2)CCC(Sc2cccc(Cl)c2Cl)CC1.O=C(O)C(F)(F)F.O=C(O)C1(Cc2cccc(Nc3ccn[nH]3)n2)CCC(Sc2cccc(Cl)c2Cl)CC1. The lowest BCUT2D eigenvalue weighted by atomic mass is 9.70. The average Bonchev–Trinajstić information content (AvgIpc) is 4.07. The maximum atomic E-state index is 13.7. The van der Waals surface area contributed by atoms with E-state index in [4.69, 9.17) is 66.0 Å². The van der Waals surface area contributed by atoms with E-state index in [0.717, 1.165) is 64.3 Å². The van der Waals surface area contributed by atoms with Crippen molar-refractivity contribution in [2.75, 3.05) is 10.6 Å². The first-order valence-corrected chi connectivity index (χ1v) is 27.9. The fraction of sp³-hybridized carbons (Fsp3) is 0.426. The van der Waals surface area contributed by atoms with Gasteiger partial charge in [0.25, 0.3) is 0 Å². The van der Waals surface area contributed by atoms with Gasteiger partial charge < -0.3 is 25.6 Å². The van der Waals surface area contributed by atoms with Crippen molar-refractivity contribution in [3.8, 4) is 0 Å². The third-order valence-corrected chi connectivity index (χ3v) is 17.3. The Morgan fingerprint density at radius 1 is 0.688 bits per heavy atom. The lowest BCUT2D eigenvalue weighted by molar-refractivity contribution is -0.192. The number of halogens is 7. The van der Waals surface area contributed by atoms with E-state index in [1.807, 2.05) is 92.2 Å². The number of ether oxygens (including phenoxy) is 1. The van der Waals surface area contributed by atoms with Crippen LogP contribution in [-0.2, 0) is 37.5 Å². The second kappa shape index (κ2) is 26.2. The summed E-state index contributed by atoms with van der Waals surface area (Å²) in [5.41, 5.74) is -0.564. The Bertz CT molecular complexity index is 2960. The van der Waals surface area contributed by atoms with Gasteiger partial charge in [0.2, 0.25) is 0 Å². The van der Waals surface area contributed by atoms with Crippen molar-refractivity contribution in [3.63, 3.8) is 0 Å². The number of rotatable bonds is 14. The number of nitrogens with zero attached hydrogens (tertiary/aromatic N) is 5. The number of nitrogens with one attached hydrogen (secondary N) is 3. The molecule has 5 N–H and O–H groups in total. The molecule has 4 heterocycles. The van der Waals surface area contributed by atoms with Gasteiger partial charge in [-0.2, -0.15) is 23.4 Å². The van der Waals surface area contributed by atoms with Gasteiger partial charge in [0, 0.05) is 56.7 Å². The van der Waals surface area contributed by atoms with Crippen molar-refractivity contribution in [2.24, 2.45) is 10.8 Å². The Balaban J connectivity index is 0.000000226. The fourth-order valence-corrected chi connectivity index (χ4v) is 12.2. The van der Waals surface area contributed by atoms with Gasteiger partial charge in [-0.1, -0.05) is 70.7 Å². The van der Waals surface area contributed by atoms with Crippen LogP contribution < -0.4 is 10.6 Å². The van der Waals surface area contributed by atoms with Gasteiger partial charge in [-0.05, 0) is 141 Å². The molecule has 2 fully saturated rings. The summed E-state index contributed by atoms with van der Waals surface area (Å²) in [6.45, 7) is 12.1. The minimum Gasteiger partial charge on any atom is -0.481 e. The van der Waals surface area contributed by atoms with Crippen molar-refractivity contribution < 1.29 is 42.5 Å². The van der Waals surface area contributed by atoms with E-state index in [2.05, 4.69) is 51.7 Å². The van der Waals surface area contributed by atoms with Crippen molar-refractivity contribution in [3.05, 3.63) is 129 Å². The zero-order valence-electron chi connectivity index (χ0n) is 43.2. The van der Waals surface area contributed by atoms with Crippen LogP contribution >= 0.6 is 69.9 Å². The maximum absolute atomic E-state index is 13.7. The summed E-state index contributed by atoms with van der Waals surface area (Å²) in [6.07, 6.45) is 5.22. The molecule has 14 nitrogen and oxygen atoms in total. The topological polar surface area (TPSA) is 197 Å². The number of aromatic nitrogens is 6. The molecule has 2 aliphatic carbocycles. The Morgan fingerprint density at radius 3 is 1.60 bits per heavy atom. The van der Waals surface area contributed by atoms with Crippen LogP contribution in [0.4, 0.5) is 36.4 Å². The van der Waals surface area contributed by atoms with Gasteiger partial charge in [0.15, 0.2) is 0 Å². The molecule has 23 heteroatoms. The molecule has 0 amide bonds. The van der Waals surface area contributed by atoms with Gasteiger partial charge in [-0.25, -0.2) is 19.4 Å². The summed E-state index contributed by atoms with van der Waals surface area (Å²) in [4.78, 5) is 46.3. The molecule has 0 saturated heterocycles. The Morgan fingerprint density at radius 2 is 1.16 bits per heavy atom. The zero-order chi connectivity index (χ0) is 56.3. The van der Waals surface area contributed by atoms with Crippen LogP contribution in [0.15, 0.2) is 107 Å². The predicted octanol–water partition coefficient (Wildman–Crippen LogP) is 15.5. The van der Waals surface area contributed by atoms with Gasteiger partial charge >= 0.3 is 24.1 Å². The van der Waals surface area contributed by atoms with Gasteiger partial charge in [-0.15, -0.1) is 23.5 Å². The molecule has 0 bridgehead atoms. The molecule has 2 aromatic carbocycles. The number of benzene rings is 2. The number of thioether (sulfide) groups is 2.